The van der Waals surface area contributed by atoms with Crippen LogP contribution in [0.2, 0.25) is 5.02 Å². The monoisotopic (exact) mass is 360 g/mol. The van der Waals surface area contributed by atoms with E-state index in [-0.39, 0.29) is 5.91 Å². The molecule has 0 saturated heterocycles. The van der Waals surface area contributed by atoms with E-state index in [1.807, 2.05) is 66.9 Å². The summed E-state index contributed by atoms with van der Waals surface area (Å²) in [6.45, 7) is 2.06. The van der Waals surface area contributed by atoms with Crippen LogP contribution in [0.25, 0.3) is 23.4 Å². The Morgan fingerprint density at radius 3 is 2.58 bits per heavy atom. The Kier molecular flexibility index (Phi) is 4.31. The van der Waals surface area contributed by atoms with Crippen LogP contribution in [0, 0.1) is 0 Å². The zero-order valence-electron chi connectivity index (χ0n) is 14.3. The van der Waals surface area contributed by atoms with Crippen LogP contribution in [-0.2, 0) is 11.3 Å². The summed E-state index contributed by atoms with van der Waals surface area (Å²) < 4.78 is 0. The highest BCUT2D eigenvalue weighted by Gasteiger charge is 2.19. The molecular formula is C22H17ClN2O. The van der Waals surface area contributed by atoms with Gasteiger partial charge in [0.1, 0.15) is 0 Å². The van der Waals surface area contributed by atoms with Gasteiger partial charge in [-0.3, -0.25) is 9.78 Å². The fourth-order valence-corrected chi connectivity index (χ4v) is 3.34. The van der Waals surface area contributed by atoms with Crippen molar-refractivity contribution in [3.05, 3.63) is 82.5 Å². The van der Waals surface area contributed by atoms with Gasteiger partial charge in [0, 0.05) is 23.7 Å². The minimum Gasteiger partial charge on any atom is -0.308 e. The summed E-state index contributed by atoms with van der Waals surface area (Å²) >= 11 is 6.17. The maximum Gasteiger partial charge on any atom is 0.224 e. The predicted octanol–water partition coefficient (Wildman–Crippen LogP) is 5.44. The van der Waals surface area contributed by atoms with Crippen molar-refractivity contribution in [3.8, 4) is 11.3 Å². The van der Waals surface area contributed by atoms with Gasteiger partial charge in [0.25, 0.3) is 0 Å². The summed E-state index contributed by atoms with van der Waals surface area (Å²) in [5, 5.41) is 0.615. The first kappa shape index (κ1) is 16.6. The molecule has 0 N–H and O–H groups in total. The van der Waals surface area contributed by atoms with E-state index in [0.717, 1.165) is 33.6 Å². The van der Waals surface area contributed by atoms with E-state index in [0.29, 0.717) is 11.6 Å². The molecule has 2 heterocycles. The van der Waals surface area contributed by atoms with Crippen molar-refractivity contribution in [2.24, 2.45) is 0 Å². The third-order valence-electron chi connectivity index (χ3n) is 4.53. The lowest BCUT2D eigenvalue weighted by molar-refractivity contribution is -0.116. The van der Waals surface area contributed by atoms with Crippen molar-refractivity contribution < 1.29 is 4.79 Å². The van der Waals surface area contributed by atoms with Crippen molar-refractivity contribution in [1.29, 1.82) is 0 Å². The highest BCUT2D eigenvalue weighted by Crippen LogP contribution is 2.32. The van der Waals surface area contributed by atoms with Crippen LogP contribution in [0.3, 0.4) is 0 Å². The van der Waals surface area contributed by atoms with Crippen LogP contribution in [0.1, 0.15) is 23.6 Å². The topological polar surface area (TPSA) is 33.2 Å². The second-order valence-corrected chi connectivity index (χ2v) is 6.71. The number of carbonyl (C=O) groups is 1. The summed E-state index contributed by atoms with van der Waals surface area (Å²) in [6, 6.07) is 17.7. The molecule has 0 fully saturated rings. The molecule has 0 bridgehead atoms. The van der Waals surface area contributed by atoms with Gasteiger partial charge >= 0.3 is 0 Å². The molecule has 128 valence electrons. The Morgan fingerprint density at radius 2 is 1.81 bits per heavy atom. The third kappa shape index (κ3) is 3.14. The second-order valence-electron chi connectivity index (χ2n) is 6.28. The highest BCUT2D eigenvalue weighted by molar-refractivity contribution is 6.31. The average molecular weight is 361 g/mol. The van der Waals surface area contributed by atoms with E-state index < -0.39 is 0 Å². The number of anilines is 1. The molecule has 4 rings (SSSR count). The lowest BCUT2D eigenvalue weighted by Crippen LogP contribution is -2.29. The molecule has 3 aromatic rings. The summed E-state index contributed by atoms with van der Waals surface area (Å²) in [6.07, 6.45) is 5.91. The van der Waals surface area contributed by atoms with Crippen molar-refractivity contribution in [2.75, 3.05) is 4.90 Å². The standard InChI is InChI=1S/C22H17ClN2O/c1-15(26)25-14-19-11-21(16-5-3-2-4-6-16)24-13-18(19)8-7-17-9-10-20(23)12-22(17)25/h2-13H,14H2,1H3/b8-7-. The number of fused-ring (bicyclic) bond motifs is 2. The van der Waals surface area contributed by atoms with Crippen molar-refractivity contribution in [1.82, 2.24) is 4.98 Å². The molecule has 26 heavy (non-hydrogen) atoms. The SMILES string of the molecule is CC(=O)N1Cc2cc(-c3ccccc3)ncc2/C=C\c2ccc(Cl)cc21. The van der Waals surface area contributed by atoms with E-state index in [1.165, 1.54) is 0 Å². The minimum atomic E-state index is -0.0205. The van der Waals surface area contributed by atoms with Crippen molar-refractivity contribution in [2.45, 2.75) is 13.5 Å². The molecule has 1 aliphatic heterocycles. The molecule has 0 unspecified atom stereocenters. The van der Waals surface area contributed by atoms with E-state index in [4.69, 9.17) is 11.6 Å². The lowest BCUT2D eigenvalue weighted by atomic mass is 10.0. The number of hydrogen-bond acceptors (Lipinski definition) is 2. The molecule has 1 aliphatic rings. The average Bonchev–Trinajstić information content (AvgIpc) is 2.64. The highest BCUT2D eigenvalue weighted by atomic mass is 35.5. The van der Waals surface area contributed by atoms with Gasteiger partial charge in [-0.05, 0) is 34.9 Å². The van der Waals surface area contributed by atoms with Gasteiger partial charge in [-0.25, -0.2) is 0 Å². The Labute approximate surface area is 157 Å². The molecule has 0 radical (unpaired) electrons. The normalized spacial score (nSPS) is 14.0. The van der Waals surface area contributed by atoms with Crippen LogP contribution in [0.15, 0.2) is 60.8 Å². The molecular weight excluding hydrogens is 344 g/mol. The zero-order valence-corrected chi connectivity index (χ0v) is 15.1. The maximum absolute atomic E-state index is 12.3. The number of hydrogen-bond donors (Lipinski definition) is 0. The molecule has 0 aliphatic carbocycles. The van der Waals surface area contributed by atoms with Gasteiger partial charge in [-0.1, -0.05) is 60.2 Å². The number of amides is 1. The minimum absolute atomic E-state index is 0.0205. The fraction of sp³-hybridized carbons (Fsp3) is 0.0909. The number of carbonyl (C=O) groups excluding carboxylic acids is 1. The second kappa shape index (κ2) is 6.77. The van der Waals surface area contributed by atoms with E-state index in [9.17, 15) is 4.79 Å². The molecule has 4 heteroatoms. The molecule has 0 atom stereocenters. The van der Waals surface area contributed by atoms with Crippen molar-refractivity contribution in [3.63, 3.8) is 0 Å². The van der Waals surface area contributed by atoms with Crippen LogP contribution >= 0.6 is 11.6 Å². The summed E-state index contributed by atoms with van der Waals surface area (Å²) in [5.74, 6) is -0.0205. The predicted molar refractivity (Wildman–Crippen MR) is 107 cm³/mol. The molecule has 1 aromatic heterocycles. The first-order valence-electron chi connectivity index (χ1n) is 8.42. The number of nitrogens with zero attached hydrogens (tertiary/aromatic N) is 2. The number of pyridine rings is 1. The van der Waals surface area contributed by atoms with E-state index in [1.54, 1.807) is 11.8 Å². The summed E-state index contributed by atoms with van der Waals surface area (Å²) in [4.78, 5) is 18.7. The molecule has 0 saturated carbocycles. The largest absolute Gasteiger partial charge is 0.308 e. The maximum atomic E-state index is 12.3. The first-order valence-corrected chi connectivity index (χ1v) is 8.80. The van der Waals surface area contributed by atoms with Crippen molar-refractivity contribution >= 4 is 35.3 Å². The summed E-state index contributed by atoms with van der Waals surface area (Å²) in [5.41, 5.74) is 5.80. The Morgan fingerprint density at radius 1 is 1.04 bits per heavy atom. The van der Waals surface area contributed by atoms with Crippen LogP contribution in [-0.4, -0.2) is 10.9 Å². The van der Waals surface area contributed by atoms with Gasteiger partial charge in [-0.15, -0.1) is 0 Å². The fourth-order valence-electron chi connectivity index (χ4n) is 3.17. The molecule has 0 spiro atoms. The number of aromatic nitrogens is 1. The Bertz CT molecular complexity index is 1010. The van der Waals surface area contributed by atoms with Crippen LogP contribution < -0.4 is 4.90 Å². The number of benzene rings is 2. The smallest absolute Gasteiger partial charge is 0.224 e. The summed E-state index contributed by atoms with van der Waals surface area (Å²) in [7, 11) is 0. The van der Waals surface area contributed by atoms with Gasteiger partial charge in [0.2, 0.25) is 5.91 Å². The van der Waals surface area contributed by atoms with Gasteiger partial charge in [-0.2, -0.15) is 0 Å². The Balaban J connectivity index is 1.85. The van der Waals surface area contributed by atoms with Gasteiger partial charge in [0.05, 0.1) is 17.9 Å². The third-order valence-corrected chi connectivity index (χ3v) is 4.76. The molecule has 3 nitrogen and oxygen atoms in total. The molecule has 1 amide bonds. The van der Waals surface area contributed by atoms with Crippen LogP contribution in [0.4, 0.5) is 5.69 Å². The molecule has 2 aromatic carbocycles. The number of rotatable bonds is 1. The van der Waals surface area contributed by atoms with Crippen LogP contribution in [0.5, 0.6) is 0 Å². The number of halogens is 1. The van der Waals surface area contributed by atoms with Gasteiger partial charge < -0.3 is 4.90 Å². The Hall–Kier alpha value is -2.91. The quantitative estimate of drug-likeness (QED) is 0.579. The van der Waals surface area contributed by atoms with E-state index >= 15 is 0 Å². The zero-order chi connectivity index (χ0) is 18.1. The van der Waals surface area contributed by atoms with Gasteiger partial charge in [0.15, 0.2) is 0 Å². The lowest BCUT2D eigenvalue weighted by Gasteiger charge is -2.26. The van der Waals surface area contributed by atoms with E-state index in [2.05, 4.69) is 11.1 Å². The first-order chi connectivity index (χ1) is 12.6.